The third-order valence-corrected chi connectivity index (χ3v) is 3.05. The Kier molecular flexibility index (Phi) is 4.63. The lowest BCUT2D eigenvalue weighted by Crippen LogP contribution is -2.33. The van der Waals surface area contributed by atoms with E-state index in [0.717, 1.165) is 0 Å². The van der Waals surface area contributed by atoms with E-state index in [0.29, 0.717) is 49.8 Å². The molecule has 1 aliphatic heterocycles. The number of rotatable bonds is 5. The summed E-state index contributed by atoms with van der Waals surface area (Å²) >= 11 is 0. The first-order valence-corrected chi connectivity index (χ1v) is 6.56. The van der Waals surface area contributed by atoms with Gasteiger partial charge in [0.25, 0.3) is 5.91 Å². The summed E-state index contributed by atoms with van der Waals surface area (Å²) in [4.78, 5) is 14.2. The predicted molar refractivity (Wildman–Crippen MR) is 70.7 cm³/mol. The molecule has 0 aliphatic carbocycles. The Balaban J connectivity index is 2.22. The minimum absolute atomic E-state index is 0.0797. The Labute approximate surface area is 112 Å². The molecule has 0 unspecified atom stereocenters. The van der Waals surface area contributed by atoms with Gasteiger partial charge in [0.1, 0.15) is 13.2 Å². The van der Waals surface area contributed by atoms with E-state index in [1.807, 2.05) is 6.92 Å². The molecule has 2 rings (SSSR count). The molecule has 0 aromatic heterocycles. The fraction of sp³-hybridized carbons (Fsp3) is 0.500. The fourth-order valence-corrected chi connectivity index (χ4v) is 2.08. The second-order valence-electron chi connectivity index (χ2n) is 4.29. The van der Waals surface area contributed by atoms with Crippen LogP contribution in [0.15, 0.2) is 18.2 Å². The van der Waals surface area contributed by atoms with E-state index in [-0.39, 0.29) is 12.5 Å². The van der Waals surface area contributed by atoms with E-state index in [1.165, 1.54) is 0 Å². The number of para-hydroxylation sites is 1. The molecule has 1 aromatic rings. The minimum Gasteiger partial charge on any atom is -0.486 e. The average Bonchev–Trinajstić information content (AvgIpc) is 2.47. The summed E-state index contributed by atoms with van der Waals surface area (Å²) in [7, 11) is 0. The first-order valence-electron chi connectivity index (χ1n) is 6.56. The van der Waals surface area contributed by atoms with Crippen molar-refractivity contribution in [2.45, 2.75) is 13.3 Å². The molecule has 19 heavy (non-hydrogen) atoms. The smallest absolute Gasteiger partial charge is 0.257 e. The molecule has 1 aliphatic rings. The maximum absolute atomic E-state index is 12.5. The zero-order valence-corrected chi connectivity index (χ0v) is 11.1. The zero-order chi connectivity index (χ0) is 13.7. The topological polar surface area (TPSA) is 59.0 Å². The summed E-state index contributed by atoms with van der Waals surface area (Å²) in [6.07, 6.45) is 0.575. The van der Waals surface area contributed by atoms with Crippen molar-refractivity contribution in [3.63, 3.8) is 0 Å². The maximum atomic E-state index is 12.5. The minimum atomic E-state index is -0.0849. The summed E-state index contributed by atoms with van der Waals surface area (Å²) in [5.74, 6) is 1.06. The molecule has 1 heterocycles. The number of hydrogen-bond acceptors (Lipinski definition) is 4. The quantitative estimate of drug-likeness (QED) is 0.872. The van der Waals surface area contributed by atoms with Crippen LogP contribution in [0.4, 0.5) is 0 Å². The van der Waals surface area contributed by atoms with E-state index >= 15 is 0 Å². The van der Waals surface area contributed by atoms with Crippen LogP contribution in [0.5, 0.6) is 11.5 Å². The molecular formula is C14H19NO4. The van der Waals surface area contributed by atoms with E-state index in [9.17, 15) is 4.79 Å². The molecule has 0 bridgehead atoms. The number of benzene rings is 1. The molecule has 1 amide bonds. The van der Waals surface area contributed by atoms with Crippen LogP contribution in [0, 0.1) is 0 Å². The second kappa shape index (κ2) is 6.43. The monoisotopic (exact) mass is 265 g/mol. The van der Waals surface area contributed by atoms with E-state index in [4.69, 9.17) is 14.6 Å². The Hall–Kier alpha value is -1.75. The zero-order valence-electron chi connectivity index (χ0n) is 11.1. The van der Waals surface area contributed by atoms with Gasteiger partial charge in [-0.25, -0.2) is 0 Å². The molecule has 1 N–H and O–H groups in total. The van der Waals surface area contributed by atoms with Gasteiger partial charge in [0, 0.05) is 19.7 Å². The third kappa shape index (κ3) is 2.98. The maximum Gasteiger partial charge on any atom is 0.257 e. The number of aliphatic hydroxyl groups excluding tert-OH is 1. The number of hydrogen-bond donors (Lipinski definition) is 1. The van der Waals surface area contributed by atoms with Crippen molar-refractivity contribution in [3.8, 4) is 11.5 Å². The molecular weight excluding hydrogens is 246 g/mol. The predicted octanol–water partition coefficient (Wildman–Crippen LogP) is 1.30. The normalized spacial score (nSPS) is 13.2. The summed E-state index contributed by atoms with van der Waals surface area (Å²) in [5, 5.41) is 8.87. The Morgan fingerprint density at radius 1 is 1.37 bits per heavy atom. The van der Waals surface area contributed by atoms with Crippen LogP contribution >= 0.6 is 0 Å². The molecule has 104 valence electrons. The van der Waals surface area contributed by atoms with Gasteiger partial charge in [0.2, 0.25) is 0 Å². The molecule has 5 heteroatoms. The molecule has 0 fully saturated rings. The van der Waals surface area contributed by atoms with Crippen LogP contribution < -0.4 is 9.47 Å². The summed E-state index contributed by atoms with van der Waals surface area (Å²) in [5.41, 5.74) is 0.525. The molecule has 0 saturated carbocycles. The highest BCUT2D eigenvalue weighted by Gasteiger charge is 2.23. The lowest BCUT2D eigenvalue weighted by atomic mass is 10.1. The Bertz CT molecular complexity index is 447. The van der Waals surface area contributed by atoms with Gasteiger partial charge in [0.15, 0.2) is 11.5 Å². The number of aliphatic hydroxyl groups is 1. The van der Waals surface area contributed by atoms with Crippen LogP contribution in [0.2, 0.25) is 0 Å². The lowest BCUT2D eigenvalue weighted by molar-refractivity contribution is 0.0744. The third-order valence-electron chi connectivity index (χ3n) is 3.05. The van der Waals surface area contributed by atoms with Crippen LogP contribution in [0.1, 0.15) is 23.7 Å². The van der Waals surface area contributed by atoms with Crippen molar-refractivity contribution in [2.24, 2.45) is 0 Å². The number of fused-ring (bicyclic) bond motifs is 1. The van der Waals surface area contributed by atoms with Crippen molar-refractivity contribution in [3.05, 3.63) is 23.8 Å². The number of nitrogens with zero attached hydrogens (tertiary/aromatic N) is 1. The molecule has 0 atom stereocenters. The van der Waals surface area contributed by atoms with Crippen molar-refractivity contribution < 1.29 is 19.4 Å². The van der Waals surface area contributed by atoms with Crippen LogP contribution in [0.25, 0.3) is 0 Å². The van der Waals surface area contributed by atoms with Crippen LogP contribution in [-0.4, -0.2) is 48.8 Å². The SMILES string of the molecule is CCN(CCCO)C(=O)c1cccc2c1OCCO2. The van der Waals surface area contributed by atoms with Gasteiger partial charge in [-0.2, -0.15) is 0 Å². The fourth-order valence-electron chi connectivity index (χ4n) is 2.08. The largest absolute Gasteiger partial charge is 0.486 e. The van der Waals surface area contributed by atoms with E-state index in [1.54, 1.807) is 23.1 Å². The first kappa shape index (κ1) is 13.7. The van der Waals surface area contributed by atoms with Gasteiger partial charge < -0.3 is 19.5 Å². The summed E-state index contributed by atoms with van der Waals surface area (Å²) in [6.45, 7) is 4.10. The average molecular weight is 265 g/mol. The van der Waals surface area contributed by atoms with Gasteiger partial charge in [-0.3, -0.25) is 4.79 Å². The number of ether oxygens (including phenoxy) is 2. The lowest BCUT2D eigenvalue weighted by Gasteiger charge is -2.24. The van der Waals surface area contributed by atoms with E-state index < -0.39 is 0 Å². The van der Waals surface area contributed by atoms with Gasteiger partial charge in [-0.05, 0) is 25.5 Å². The number of carbonyl (C=O) groups excluding carboxylic acids is 1. The van der Waals surface area contributed by atoms with Crippen molar-refractivity contribution in [1.29, 1.82) is 0 Å². The molecule has 5 nitrogen and oxygen atoms in total. The highest BCUT2D eigenvalue weighted by Crippen LogP contribution is 2.34. The van der Waals surface area contributed by atoms with Gasteiger partial charge in [-0.15, -0.1) is 0 Å². The van der Waals surface area contributed by atoms with Gasteiger partial charge in [-0.1, -0.05) is 6.07 Å². The van der Waals surface area contributed by atoms with Crippen LogP contribution in [0.3, 0.4) is 0 Å². The summed E-state index contributed by atoms with van der Waals surface area (Å²) in [6, 6.07) is 5.34. The Morgan fingerprint density at radius 2 is 2.16 bits per heavy atom. The van der Waals surface area contributed by atoms with Crippen molar-refractivity contribution in [1.82, 2.24) is 4.90 Å². The van der Waals surface area contributed by atoms with E-state index in [2.05, 4.69) is 0 Å². The van der Waals surface area contributed by atoms with Gasteiger partial charge >= 0.3 is 0 Å². The Morgan fingerprint density at radius 3 is 2.89 bits per heavy atom. The van der Waals surface area contributed by atoms with Crippen molar-refractivity contribution >= 4 is 5.91 Å². The van der Waals surface area contributed by atoms with Gasteiger partial charge in [0.05, 0.1) is 5.56 Å². The highest BCUT2D eigenvalue weighted by atomic mass is 16.6. The molecule has 1 aromatic carbocycles. The second-order valence-corrected chi connectivity index (χ2v) is 4.29. The standard InChI is InChI=1S/C14H19NO4/c1-2-15(7-4-8-16)14(17)11-5-3-6-12-13(11)19-10-9-18-12/h3,5-6,16H,2,4,7-10H2,1H3. The van der Waals surface area contributed by atoms with Crippen molar-refractivity contribution in [2.75, 3.05) is 32.9 Å². The molecule has 0 spiro atoms. The highest BCUT2D eigenvalue weighted by molar-refractivity contribution is 5.97. The first-order chi connectivity index (χ1) is 9.27. The molecule has 0 saturated heterocycles. The number of amides is 1. The molecule has 0 radical (unpaired) electrons. The summed E-state index contributed by atoms with van der Waals surface area (Å²) < 4.78 is 11.0. The number of carbonyl (C=O) groups is 1. The van der Waals surface area contributed by atoms with Crippen LogP contribution in [-0.2, 0) is 0 Å².